The normalized spacial score (nSPS) is 16.7. The predicted molar refractivity (Wildman–Crippen MR) is 110 cm³/mol. The molecular formula is C21H33ClN2O3. The van der Waals surface area contributed by atoms with Gasteiger partial charge in [0, 0.05) is 13.0 Å². The highest BCUT2D eigenvalue weighted by atomic mass is 35.5. The number of hydrogen-bond acceptors (Lipinski definition) is 4. The summed E-state index contributed by atoms with van der Waals surface area (Å²) in [5, 5.41) is 6.32. The van der Waals surface area contributed by atoms with E-state index in [0.717, 1.165) is 31.5 Å². The molecule has 1 aromatic rings. The first-order valence-corrected chi connectivity index (χ1v) is 9.78. The molecule has 0 bridgehead atoms. The standard InChI is InChI=1S/C21H32N2O3.ClH/c1-3-26-21(25)19(14-17-7-5-4-6-8-17)15-23-20(24)13-16(2)18-9-11-22-12-10-18;/h4-8,16,18-19,22H,3,9-15H2,1-2H3,(H,23,24);1H. The minimum Gasteiger partial charge on any atom is -0.466 e. The van der Waals surface area contributed by atoms with Crippen LogP contribution in [0.3, 0.4) is 0 Å². The number of ether oxygens (including phenoxy) is 1. The quantitative estimate of drug-likeness (QED) is 0.630. The zero-order valence-corrected chi connectivity index (χ0v) is 17.2. The number of nitrogens with one attached hydrogen (secondary N) is 2. The number of hydrogen-bond donors (Lipinski definition) is 2. The van der Waals surface area contributed by atoms with Crippen molar-refractivity contribution in [2.45, 2.75) is 39.5 Å². The summed E-state index contributed by atoms with van der Waals surface area (Å²) >= 11 is 0. The second kappa shape index (κ2) is 12.7. The molecule has 1 amide bonds. The topological polar surface area (TPSA) is 67.4 Å². The summed E-state index contributed by atoms with van der Waals surface area (Å²) in [6.45, 7) is 6.72. The largest absolute Gasteiger partial charge is 0.466 e. The lowest BCUT2D eigenvalue weighted by Crippen LogP contribution is -2.37. The molecule has 27 heavy (non-hydrogen) atoms. The van der Waals surface area contributed by atoms with E-state index >= 15 is 0 Å². The fourth-order valence-corrected chi connectivity index (χ4v) is 3.58. The van der Waals surface area contributed by atoms with Crippen LogP contribution >= 0.6 is 12.4 Å². The van der Waals surface area contributed by atoms with Crippen LogP contribution in [0.1, 0.15) is 38.7 Å². The molecule has 1 aliphatic rings. The van der Waals surface area contributed by atoms with E-state index in [0.29, 0.717) is 37.8 Å². The molecule has 2 unspecified atom stereocenters. The smallest absolute Gasteiger partial charge is 0.311 e. The third kappa shape index (κ3) is 8.31. The Hall–Kier alpha value is -1.59. The number of rotatable bonds is 9. The van der Waals surface area contributed by atoms with Gasteiger partial charge in [-0.3, -0.25) is 9.59 Å². The molecule has 6 heteroatoms. The van der Waals surface area contributed by atoms with Gasteiger partial charge in [-0.2, -0.15) is 0 Å². The Morgan fingerprint density at radius 2 is 1.89 bits per heavy atom. The molecule has 1 aliphatic heterocycles. The third-order valence-electron chi connectivity index (χ3n) is 5.19. The van der Waals surface area contributed by atoms with Crippen molar-refractivity contribution in [3.05, 3.63) is 35.9 Å². The maximum atomic E-state index is 12.4. The van der Waals surface area contributed by atoms with E-state index < -0.39 is 0 Å². The van der Waals surface area contributed by atoms with Crippen LogP contribution in [-0.4, -0.2) is 38.1 Å². The van der Waals surface area contributed by atoms with E-state index in [2.05, 4.69) is 17.6 Å². The van der Waals surface area contributed by atoms with Gasteiger partial charge in [-0.05, 0) is 56.7 Å². The molecule has 0 spiro atoms. The highest BCUT2D eigenvalue weighted by Gasteiger charge is 2.24. The zero-order chi connectivity index (χ0) is 18.8. The Morgan fingerprint density at radius 3 is 2.52 bits per heavy atom. The van der Waals surface area contributed by atoms with E-state index in [1.54, 1.807) is 6.92 Å². The van der Waals surface area contributed by atoms with Crippen LogP contribution in [0.15, 0.2) is 30.3 Å². The lowest BCUT2D eigenvalue weighted by atomic mass is 9.84. The van der Waals surface area contributed by atoms with Crippen molar-refractivity contribution in [3.63, 3.8) is 0 Å². The van der Waals surface area contributed by atoms with Crippen LogP contribution in [0.4, 0.5) is 0 Å². The molecule has 1 aromatic carbocycles. The van der Waals surface area contributed by atoms with Crippen molar-refractivity contribution < 1.29 is 14.3 Å². The van der Waals surface area contributed by atoms with Crippen LogP contribution in [0.2, 0.25) is 0 Å². The Bertz CT molecular complexity index is 562. The average Bonchev–Trinajstić information content (AvgIpc) is 2.66. The van der Waals surface area contributed by atoms with Gasteiger partial charge in [0.15, 0.2) is 0 Å². The SMILES string of the molecule is CCOC(=O)C(CNC(=O)CC(C)C1CCNCC1)Cc1ccccc1.Cl. The van der Waals surface area contributed by atoms with Crippen molar-refractivity contribution in [2.75, 3.05) is 26.2 Å². The molecule has 1 fully saturated rings. The molecule has 1 heterocycles. The molecule has 152 valence electrons. The van der Waals surface area contributed by atoms with E-state index in [4.69, 9.17) is 4.74 Å². The molecular weight excluding hydrogens is 364 g/mol. The van der Waals surface area contributed by atoms with Gasteiger partial charge in [0.1, 0.15) is 0 Å². The van der Waals surface area contributed by atoms with Crippen LogP contribution < -0.4 is 10.6 Å². The summed E-state index contributed by atoms with van der Waals surface area (Å²) in [6.07, 6.45) is 3.36. The number of carbonyl (C=O) groups excluding carboxylic acids is 2. The molecule has 0 aromatic heterocycles. The Kier molecular flexibility index (Phi) is 11.1. The molecule has 0 aliphatic carbocycles. The highest BCUT2D eigenvalue weighted by molar-refractivity contribution is 5.85. The summed E-state index contributed by atoms with van der Waals surface area (Å²) in [6, 6.07) is 9.85. The molecule has 1 saturated heterocycles. The van der Waals surface area contributed by atoms with Crippen molar-refractivity contribution >= 4 is 24.3 Å². The van der Waals surface area contributed by atoms with Gasteiger partial charge in [-0.25, -0.2) is 0 Å². The van der Waals surface area contributed by atoms with Crippen LogP contribution in [0, 0.1) is 17.8 Å². The zero-order valence-electron chi connectivity index (χ0n) is 16.4. The van der Waals surface area contributed by atoms with Crippen LogP contribution in [0.5, 0.6) is 0 Å². The summed E-state index contributed by atoms with van der Waals surface area (Å²) < 4.78 is 5.19. The number of carbonyl (C=O) groups is 2. The number of piperidine rings is 1. The highest BCUT2D eigenvalue weighted by Crippen LogP contribution is 2.24. The van der Waals surface area contributed by atoms with Gasteiger partial charge in [-0.15, -0.1) is 12.4 Å². The number of esters is 1. The first kappa shape index (κ1) is 23.4. The maximum absolute atomic E-state index is 12.4. The number of amides is 1. The molecule has 2 rings (SSSR count). The Labute approximate surface area is 169 Å². The minimum atomic E-state index is -0.351. The van der Waals surface area contributed by atoms with Gasteiger partial charge in [0.05, 0.1) is 12.5 Å². The van der Waals surface area contributed by atoms with Gasteiger partial charge in [0.2, 0.25) is 5.91 Å². The summed E-state index contributed by atoms with van der Waals surface area (Å²) in [4.78, 5) is 24.6. The molecule has 5 nitrogen and oxygen atoms in total. The molecule has 0 saturated carbocycles. The fourth-order valence-electron chi connectivity index (χ4n) is 3.58. The summed E-state index contributed by atoms with van der Waals surface area (Å²) in [5.74, 6) is 0.399. The second-order valence-electron chi connectivity index (χ2n) is 7.21. The molecule has 2 N–H and O–H groups in total. The predicted octanol–water partition coefficient (Wildman–Crippen LogP) is 2.97. The molecule has 0 radical (unpaired) electrons. The van der Waals surface area contributed by atoms with Crippen molar-refractivity contribution in [1.82, 2.24) is 10.6 Å². The summed E-state index contributed by atoms with van der Waals surface area (Å²) in [5.41, 5.74) is 1.07. The fraction of sp³-hybridized carbons (Fsp3) is 0.619. The van der Waals surface area contributed by atoms with E-state index in [9.17, 15) is 9.59 Å². The number of benzene rings is 1. The van der Waals surface area contributed by atoms with Crippen LogP contribution in [0.25, 0.3) is 0 Å². The third-order valence-corrected chi connectivity index (χ3v) is 5.19. The van der Waals surface area contributed by atoms with Gasteiger partial charge in [0.25, 0.3) is 0 Å². The first-order chi connectivity index (χ1) is 12.6. The Morgan fingerprint density at radius 1 is 1.22 bits per heavy atom. The van der Waals surface area contributed by atoms with Crippen molar-refractivity contribution in [3.8, 4) is 0 Å². The average molecular weight is 397 g/mol. The minimum absolute atomic E-state index is 0. The van der Waals surface area contributed by atoms with E-state index in [1.165, 1.54) is 0 Å². The second-order valence-corrected chi connectivity index (χ2v) is 7.21. The van der Waals surface area contributed by atoms with Gasteiger partial charge >= 0.3 is 5.97 Å². The van der Waals surface area contributed by atoms with E-state index in [1.807, 2.05) is 30.3 Å². The van der Waals surface area contributed by atoms with E-state index in [-0.39, 0.29) is 30.2 Å². The van der Waals surface area contributed by atoms with Crippen molar-refractivity contribution in [1.29, 1.82) is 0 Å². The van der Waals surface area contributed by atoms with Gasteiger partial charge < -0.3 is 15.4 Å². The lowest BCUT2D eigenvalue weighted by Gasteiger charge is -2.28. The number of halogens is 1. The Balaban J connectivity index is 0.00000364. The first-order valence-electron chi connectivity index (χ1n) is 9.78. The maximum Gasteiger partial charge on any atom is 0.311 e. The summed E-state index contributed by atoms with van der Waals surface area (Å²) in [7, 11) is 0. The molecule has 2 atom stereocenters. The van der Waals surface area contributed by atoms with Crippen molar-refractivity contribution in [2.24, 2.45) is 17.8 Å². The van der Waals surface area contributed by atoms with Crippen LogP contribution in [-0.2, 0) is 20.7 Å². The monoisotopic (exact) mass is 396 g/mol. The lowest BCUT2D eigenvalue weighted by molar-refractivity contribution is -0.147. The van der Waals surface area contributed by atoms with Gasteiger partial charge in [-0.1, -0.05) is 37.3 Å².